The molecule has 1 amide bonds. The van der Waals surface area contributed by atoms with E-state index in [0.29, 0.717) is 18.4 Å². The minimum atomic E-state index is -0.240. The quantitative estimate of drug-likeness (QED) is 0.831. The monoisotopic (exact) mass is 246 g/mol. The van der Waals surface area contributed by atoms with Gasteiger partial charge in [-0.05, 0) is 49.9 Å². The van der Waals surface area contributed by atoms with Crippen LogP contribution in [0.5, 0.6) is 0 Å². The van der Waals surface area contributed by atoms with Gasteiger partial charge < -0.3 is 5.32 Å². The summed E-state index contributed by atoms with van der Waals surface area (Å²) in [5, 5.41) is 12.2. The Hall–Kier alpha value is -1.04. The first-order valence-corrected chi connectivity index (χ1v) is 7.34. The van der Waals surface area contributed by atoms with Crippen LogP contribution in [0.2, 0.25) is 0 Å². The molecule has 3 aliphatic rings. The topological polar surface area (TPSA) is 52.9 Å². The van der Waals surface area contributed by atoms with Gasteiger partial charge in [-0.25, -0.2) is 0 Å². The van der Waals surface area contributed by atoms with Crippen molar-refractivity contribution in [3.8, 4) is 6.07 Å². The van der Waals surface area contributed by atoms with Crippen LogP contribution in [0.1, 0.15) is 45.4 Å². The average molecular weight is 246 g/mol. The fourth-order valence-corrected chi connectivity index (χ4v) is 4.34. The van der Waals surface area contributed by atoms with E-state index >= 15 is 0 Å². The van der Waals surface area contributed by atoms with Crippen molar-refractivity contribution in [3.05, 3.63) is 0 Å². The zero-order valence-corrected chi connectivity index (χ0v) is 11.1. The van der Waals surface area contributed by atoms with Crippen LogP contribution in [0.25, 0.3) is 0 Å². The zero-order chi connectivity index (χ0) is 12.8. The molecule has 0 aromatic rings. The number of fused-ring (bicyclic) bond motifs is 2. The number of nitrogens with zero attached hydrogens (tertiary/aromatic N) is 1. The number of nitriles is 1. The molecule has 3 nitrogen and oxygen atoms in total. The summed E-state index contributed by atoms with van der Waals surface area (Å²) < 4.78 is 0. The Balaban J connectivity index is 1.58. The zero-order valence-electron chi connectivity index (χ0n) is 11.1. The van der Waals surface area contributed by atoms with Gasteiger partial charge in [-0.3, -0.25) is 4.79 Å². The molecule has 0 heterocycles. The number of carbonyl (C=O) groups is 1. The second kappa shape index (κ2) is 4.26. The molecule has 3 heteroatoms. The Morgan fingerprint density at radius 2 is 2.11 bits per heavy atom. The maximum atomic E-state index is 12.3. The van der Waals surface area contributed by atoms with Crippen molar-refractivity contribution in [3.63, 3.8) is 0 Å². The van der Waals surface area contributed by atoms with E-state index in [1.54, 1.807) is 0 Å². The lowest BCUT2D eigenvalue weighted by atomic mass is 9.70. The molecule has 0 spiro atoms. The summed E-state index contributed by atoms with van der Waals surface area (Å²) in [6.07, 6.45) is 6.84. The summed E-state index contributed by atoms with van der Waals surface area (Å²) in [4.78, 5) is 12.3. The first-order chi connectivity index (χ1) is 8.65. The molecule has 2 bridgehead atoms. The van der Waals surface area contributed by atoms with E-state index in [2.05, 4.69) is 18.3 Å². The molecule has 3 fully saturated rings. The van der Waals surface area contributed by atoms with E-state index in [0.717, 1.165) is 25.2 Å². The third-order valence-corrected chi connectivity index (χ3v) is 5.78. The van der Waals surface area contributed by atoms with E-state index in [1.807, 2.05) is 0 Å². The van der Waals surface area contributed by atoms with Gasteiger partial charge in [-0.1, -0.05) is 13.3 Å². The van der Waals surface area contributed by atoms with Gasteiger partial charge in [0.25, 0.3) is 0 Å². The maximum Gasteiger partial charge on any atom is 0.223 e. The second-order valence-corrected chi connectivity index (χ2v) is 6.68. The van der Waals surface area contributed by atoms with Gasteiger partial charge in [0, 0.05) is 12.5 Å². The summed E-state index contributed by atoms with van der Waals surface area (Å²) >= 11 is 0. The first-order valence-electron chi connectivity index (χ1n) is 7.34. The summed E-state index contributed by atoms with van der Waals surface area (Å²) in [6, 6.07) is 2.39. The molecule has 0 aromatic heterocycles. The lowest BCUT2D eigenvalue weighted by molar-refractivity contribution is -0.128. The summed E-state index contributed by atoms with van der Waals surface area (Å²) in [6.45, 7) is 2.81. The van der Waals surface area contributed by atoms with Gasteiger partial charge >= 0.3 is 0 Å². The molecule has 98 valence electrons. The van der Waals surface area contributed by atoms with E-state index in [-0.39, 0.29) is 17.2 Å². The highest BCUT2D eigenvalue weighted by Crippen LogP contribution is 2.52. The van der Waals surface area contributed by atoms with Crippen LogP contribution in [-0.4, -0.2) is 12.5 Å². The Bertz CT molecular complexity index is 392. The standard InChI is InChI=1S/C15H22N2O/c1-10-11-3-4-12(7-11)13(10)14(18)17-9-15(8-16)5-2-6-15/h10-13H,2-7,9H2,1H3,(H,17,18)/t10-,11+,12-,13-/m1/s1. The fraction of sp³-hybridized carbons (Fsp3) is 0.867. The van der Waals surface area contributed by atoms with E-state index in [4.69, 9.17) is 0 Å². The first kappa shape index (κ1) is 12.0. The van der Waals surface area contributed by atoms with Gasteiger partial charge in [-0.2, -0.15) is 5.26 Å². The van der Waals surface area contributed by atoms with Crippen LogP contribution in [-0.2, 0) is 4.79 Å². The van der Waals surface area contributed by atoms with Crippen LogP contribution in [0.3, 0.4) is 0 Å². The van der Waals surface area contributed by atoms with E-state index in [9.17, 15) is 10.1 Å². The van der Waals surface area contributed by atoms with Crippen molar-refractivity contribution in [2.75, 3.05) is 6.54 Å². The van der Waals surface area contributed by atoms with Crippen molar-refractivity contribution >= 4 is 5.91 Å². The Labute approximate surface area is 109 Å². The highest BCUT2D eigenvalue weighted by molar-refractivity contribution is 5.80. The predicted octanol–water partition coefficient (Wildman–Crippen LogP) is 2.48. The molecule has 0 radical (unpaired) electrons. The Morgan fingerprint density at radius 3 is 2.61 bits per heavy atom. The number of carbonyl (C=O) groups excluding carboxylic acids is 1. The van der Waals surface area contributed by atoms with Gasteiger partial charge in [0.15, 0.2) is 0 Å². The number of amides is 1. The average Bonchev–Trinajstić information content (AvgIpc) is 2.88. The highest BCUT2D eigenvalue weighted by atomic mass is 16.1. The molecule has 0 saturated heterocycles. The van der Waals surface area contributed by atoms with Crippen molar-refractivity contribution in [2.45, 2.75) is 45.4 Å². The largest absolute Gasteiger partial charge is 0.354 e. The third-order valence-electron chi connectivity index (χ3n) is 5.78. The van der Waals surface area contributed by atoms with Crippen LogP contribution < -0.4 is 5.32 Å². The van der Waals surface area contributed by atoms with Crippen LogP contribution in [0, 0.1) is 40.4 Å². The van der Waals surface area contributed by atoms with E-state index in [1.165, 1.54) is 19.3 Å². The summed E-state index contributed by atoms with van der Waals surface area (Å²) in [5.41, 5.74) is -0.240. The molecular weight excluding hydrogens is 224 g/mol. The minimum Gasteiger partial charge on any atom is -0.354 e. The van der Waals surface area contributed by atoms with E-state index < -0.39 is 0 Å². The minimum absolute atomic E-state index is 0.219. The van der Waals surface area contributed by atoms with Gasteiger partial charge in [0.1, 0.15) is 0 Å². The molecule has 3 aliphatic carbocycles. The van der Waals surface area contributed by atoms with Gasteiger partial charge in [0.2, 0.25) is 5.91 Å². The van der Waals surface area contributed by atoms with Crippen LogP contribution in [0.15, 0.2) is 0 Å². The molecule has 1 N–H and O–H groups in total. The fourth-order valence-electron chi connectivity index (χ4n) is 4.34. The molecule has 0 aromatic carbocycles. The summed E-state index contributed by atoms with van der Waals surface area (Å²) in [7, 11) is 0. The number of nitrogens with one attached hydrogen (secondary N) is 1. The predicted molar refractivity (Wildman–Crippen MR) is 68.4 cm³/mol. The molecule has 3 rings (SSSR count). The Kier molecular flexibility index (Phi) is 2.84. The molecule has 3 saturated carbocycles. The number of hydrogen-bond acceptors (Lipinski definition) is 2. The van der Waals surface area contributed by atoms with Gasteiger partial charge in [0.05, 0.1) is 11.5 Å². The maximum absolute atomic E-state index is 12.3. The smallest absolute Gasteiger partial charge is 0.223 e. The van der Waals surface area contributed by atoms with Crippen molar-refractivity contribution in [2.24, 2.45) is 29.1 Å². The van der Waals surface area contributed by atoms with Crippen LogP contribution in [0.4, 0.5) is 0 Å². The van der Waals surface area contributed by atoms with Crippen LogP contribution >= 0.6 is 0 Å². The normalized spacial score (nSPS) is 40.0. The highest BCUT2D eigenvalue weighted by Gasteiger charge is 2.49. The second-order valence-electron chi connectivity index (χ2n) is 6.68. The molecular formula is C15H22N2O. The molecule has 18 heavy (non-hydrogen) atoms. The molecule has 4 atom stereocenters. The van der Waals surface area contributed by atoms with Crippen molar-refractivity contribution < 1.29 is 4.79 Å². The van der Waals surface area contributed by atoms with Crippen molar-refractivity contribution in [1.29, 1.82) is 5.26 Å². The third kappa shape index (κ3) is 1.74. The molecule has 0 aliphatic heterocycles. The number of hydrogen-bond donors (Lipinski definition) is 1. The lowest BCUT2D eigenvalue weighted by Gasteiger charge is -2.36. The SMILES string of the molecule is C[C@@H]1[C@H]2CC[C@H](C2)[C@@H]1C(=O)NCC1(C#N)CCC1. The number of rotatable bonds is 3. The lowest BCUT2D eigenvalue weighted by Crippen LogP contribution is -2.45. The summed E-state index contributed by atoms with van der Waals surface area (Å²) in [5.74, 6) is 2.38. The molecule has 0 unspecified atom stereocenters. The Morgan fingerprint density at radius 1 is 1.39 bits per heavy atom. The van der Waals surface area contributed by atoms with Gasteiger partial charge in [-0.15, -0.1) is 0 Å². The van der Waals surface area contributed by atoms with Crippen molar-refractivity contribution in [1.82, 2.24) is 5.32 Å².